The molecule has 0 spiro atoms. The zero-order valence-corrected chi connectivity index (χ0v) is 10.7. The Morgan fingerprint density at radius 1 is 1.50 bits per heavy atom. The Morgan fingerprint density at radius 2 is 2.11 bits per heavy atom. The highest BCUT2D eigenvalue weighted by Gasteiger charge is 2.48. The summed E-state index contributed by atoms with van der Waals surface area (Å²) in [5.74, 6) is -0.265. The molecule has 1 aliphatic rings. The number of carbonyl (C=O) groups excluding carboxylic acids is 1. The number of rotatable bonds is 4. The number of nitrogens with two attached hydrogens (primary N) is 1. The van der Waals surface area contributed by atoms with E-state index < -0.39 is 18.3 Å². The fourth-order valence-corrected chi connectivity index (χ4v) is 2.40. The van der Waals surface area contributed by atoms with Gasteiger partial charge < -0.3 is 10.6 Å². The lowest BCUT2D eigenvalue weighted by atomic mass is 10.1. The summed E-state index contributed by atoms with van der Waals surface area (Å²) in [5, 5.41) is 0. The zero-order chi connectivity index (χ0) is 13.9. The molecule has 7 heteroatoms. The van der Waals surface area contributed by atoms with Crippen molar-refractivity contribution >= 4 is 5.91 Å². The number of likely N-dealkylation sites (tertiary alicyclic amines) is 1. The third kappa shape index (κ3) is 3.35. The molecule has 0 aliphatic carbocycles. The van der Waals surface area contributed by atoms with Gasteiger partial charge >= 0.3 is 6.18 Å². The molecule has 0 saturated carbocycles. The second kappa shape index (κ2) is 5.88. The summed E-state index contributed by atoms with van der Waals surface area (Å²) in [6.45, 7) is 0.262. The molecule has 2 N–H and O–H groups in total. The first-order chi connectivity index (χ1) is 8.29. The van der Waals surface area contributed by atoms with Crippen molar-refractivity contribution in [3.05, 3.63) is 0 Å². The molecular formula is C11H20F3N3O. The van der Waals surface area contributed by atoms with E-state index in [1.165, 1.54) is 9.80 Å². The molecule has 2 unspecified atom stereocenters. The summed E-state index contributed by atoms with van der Waals surface area (Å²) < 4.78 is 38.9. The van der Waals surface area contributed by atoms with Crippen LogP contribution in [0.4, 0.5) is 13.2 Å². The standard InChI is InChI=1S/C11H20F3N3O/c1-16(2)10(18)8-4-3-7-17(8)9(5-6-15)11(12,13)14/h8-9H,3-7,15H2,1-2H3. The lowest BCUT2D eigenvalue weighted by Gasteiger charge is -2.34. The predicted octanol–water partition coefficient (Wildman–Crippen LogP) is 0.819. The molecule has 18 heavy (non-hydrogen) atoms. The molecule has 1 amide bonds. The number of hydrogen-bond acceptors (Lipinski definition) is 3. The van der Waals surface area contributed by atoms with Crippen LogP contribution in [0.2, 0.25) is 0 Å². The van der Waals surface area contributed by atoms with E-state index in [0.717, 1.165) is 0 Å². The van der Waals surface area contributed by atoms with Gasteiger partial charge in [-0.3, -0.25) is 9.69 Å². The Balaban J connectivity index is 2.86. The van der Waals surface area contributed by atoms with Gasteiger partial charge in [0, 0.05) is 14.1 Å². The van der Waals surface area contributed by atoms with Crippen molar-refractivity contribution in [3.63, 3.8) is 0 Å². The number of likely N-dealkylation sites (N-methyl/N-ethyl adjacent to an activating group) is 1. The molecule has 0 aromatic rings. The molecule has 0 aromatic heterocycles. The lowest BCUT2D eigenvalue weighted by Crippen LogP contribution is -2.53. The Bertz CT molecular complexity index is 294. The van der Waals surface area contributed by atoms with Crippen LogP contribution in [0.1, 0.15) is 19.3 Å². The van der Waals surface area contributed by atoms with Crippen molar-refractivity contribution in [1.29, 1.82) is 0 Å². The highest BCUT2D eigenvalue weighted by atomic mass is 19.4. The van der Waals surface area contributed by atoms with Crippen molar-refractivity contribution in [2.75, 3.05) is 27.2 Å². The van der Waals surface area contributed by atoms with Crippen molar-refractivity contribution in [2.24, 2.45) is 5.73 Å². The lowest BCUT2D eigenvalue weighted by molar-refractivity contribution is -0.188. The minimum absolute atomic E-state index is 0.0381. The largest absolute Gasteiger partial charge is 0.404 e. The second-order valence-corrected chi connectivity index (χ2v) is 4.76. The van der Waals surface area contributed by atoms with Crippen LogP contribution in [0.15, 0.2) is 0 Å². The van der Waals surface area contributed by atoms with Crippen LogP contribution in [-0.2, 0) is 4.79 Å². The number of carbonyl (C=O) groups is 1. The summed E-state index contributed by atoms with van der Waals surface area (Å²) in [4.78, 5) is 14.5. The normalized spacial score (nSPS) is 23.1. The molecule has 1 rings (SSSR count). The average molecular weight is 267 g/mol. The first-order valence-electron chi connectivity index (χ1n) is 6.02. The highest BCUT2D eigenvalue weighted by molar-refractivity contribution is 5.81. The molecule has 0 bridgehead atoms. The SMILES string of the molecule is CN(C)C(=O)C1CCCN1C(CCN)C(F)(F)F. The van der Waals surface area contributed by atoms with Crippen LogP contribution in [0, 0.1) is 0 Å². The van der Waals surface area contributed by atoms with Gasteiger partial charge in [0.25, 0.3) is 0 Å². The Kier molecular flexibility index (Phi) is 4.98. The first-order valence-corrected chi connectivity index (χ1v) is 6.02. The number of amides is 1. The monoisotopic (exact) mass is 267 g/mol. The summed E-state index contributed by atoms with van der Waals surface area (Å²) in [7, 11) is 3.12. The minimum Gasteiger partial charge on any atom is -0.347 e. The highest BCUT2D eigenvalue weighted by Crippen LogP contribution is 2.32. The van der Waals surface area contributed by atoms with E-state index in [0.29, 0.717) is 19.4 Å². The minimum atomic E-state index is -4.34. The molecule has 1 aliphatic heterocycles. The van der Waals surface area contributed by atoms with Gasteiger partial charge in [0.2, 0.25) is 5.91 Å². The molecule has 1 fully saturated rings. The number of hydrogen-bond donors (Lipinski definition) is 1. The molecule has 106 valence electrons. The van der Waals surface area contributed by atoms with Gasteiger partial charge in [-0.1, -0.05) is 0 Å². The van der Waals surface area contributed by atoms with Gasteiger partial charge in [0.1, 0.15) is 6.04 Å². The van der Waals surface area contributed by atoms with E-state index >= 15 is 0 Å². The Labute approximate surface area is 105 Å². The fourth-order valence-electron chi connectivity index (χ4n) is 2.40. The molecule has 0 aromatic carbocycles. The topological polar surface area (TPSA) is 49.6 Å². The van der Waals surface area contributed by atoms with Gasteiger partial charge in [-0.15, -0.1) is 0 Å². The third-order valence-electron chi connectivity index (χ3n) is 3.24. The van der Waals surface area contributed by atoms with Crippen molar-refractivity contribution in [3.8, 4) is 0 Å². The van der Waals surface area contributed by atoms with Crippen molar-refractivity contribution in [2.45, 2.75) is 37.5 Å². The smallest absolute Gasteiger partial charge is 0.347 e. The molecule has 1 heterocycles. The van der Waals surface area contributed by atoms with E-state index in [2.05, 4.69) is 0 Å². The van der Waals surface area contributed by atoms with Crippen LogP contribution < -0.4 is 5.73 Å². The molecule has 0 radical (unpaired) electrons. The Hall–Kier alpha value is -0.820. The van der Waals surface area contributed by atoms with Gasteiger partial charge in [-0.05, 0) is 32.4 Å². The van der Waals surface area contributed by atoms with Crippen molar-refractivity contribution < 1.29 is 18.0 Å². The number of alkyl halides is 3. The van der Waals surface area contributed by atoms with Crippen molar-refractivity contribution in [1.82, 2.24) is 9.80 Å². The van der Waals surface area contributed by atoms with Gasteiger partial charge in [-0.2, -0.15) is 13.2 Å². The third-order valence-corrected chi connectivity index (χ3v) is 3.24. The summed E-state index contributed by atoms with van der Waals surface area (Å²) >= 11 is 0. The van der Waals surface area contributed by atoms with Crippen LogP contribution in [0.5, 0.6) is 0 Å². The maximum absolute atomic E-state index is 13.0. The fraction of sp³-hybridized carbons (Fsp3) is 0.909. The molecular weight excluding hydrogens is 247 g/mol. The zero-order valence-electron chi connectivity index (χ0n) is 10.7. The van der Waals surface area contributed by atoms with Gasteiger partial charge in [-0.25, -0.2) is 0 Å². The quantitative estimate of drug-likeness (QED) is 0.820. The molecule has 2 atom stereocenters. The summed E-state index contributed by atoms with van der Waals surface area (Å²) in [6, 6.07) is -2.28. The molecule has 4 nitrogen and oxygen atoms in total. The van der Waals surface area contributed by atoms with E-state index in [1.54, 1.807) is 14.1 Å². The van der Waals surface area contributed by atoms with E-state index in [9.17, 15) is 18.0 Å². The van der Waals surface area contributed by atoms with E-state index in [-0.39, 0.29) is 18.9 Å². The van der Waals surface area contributed by atoms with Gasteiger partial charge in [0.15, 0.2) is 0 Å². The molecule has 1 saturated heterocycles. The first kappa shape index (κ1) is 15.2. The summed E-state index contributed by atoms with van der Waals surface area (Å²) in [5.41, 5.74) is 5.25. The number of nitrogens with zero attached hydrogens (tertiary/aromatic N) is 2. The van der Waals surface area contributed by atoms with E-state index in [1.807, 2.05) is 0 Å². The maximum Gasteiger partial charge on any atom is 0.404 e. The second-order valence-electron chi connectivity index (χ2n) is 4.76. The predicted molar refractivity (Wildman–Crippen MR) is 61.9 cm³/mol. The van der Waals surface area contributed by atoms with Crippen LogP contribution in [0.3, 0.4) is 0 Å². The maximum atomic E-state index is 13.0. The summed E-state index contributed by atoms with van der Waals surface area (Å²) in [6.07, 6.45) is -3.41. The van der Waals surface area contributed by atoms with Crippen LogP contribution in [-0.4, -0.2) is 61.2 Å². The van der Waals surface area contributed by atoms with Crippen LogP contribution in [0.25, 0.3) is 0 Å². The number of halogens is 3. The van der Waals surface area contributed by atoms with Gasteiger partial charge in [0.05, 0.1) is 6.04 Å². The van der Waals surface area contributed by atoms with E-state index in [4.69, 9.17) is 5.73 Å². The average Bonchev–Trinajstić information content (AvgIpc) is 2.71. The Morgan fingerprint density at radius 3 is 2.56 bits per heavy atom. The van der Waals surface area contributed by atoms with Crippen LogP contribution >= 0.6 is 0 Å².